The Morgan fingerprint density at radius 1 is 1.10 bits per heavy atom. The lowest BCUT2D eigenvalue weighted by atomic mass is 9.89. The minimum atomic E-state index is -1.32. The SMILES string of the molecule is Cc1ccc2c(c1)C(=O)N([C@@]1(C)CCC(=O)NC1=O)C2=O. The first-order chi connectivity index (χ1) is 9.84. The van der Waals surface area contributed by atoms with Crippen LogP contribution >= 0.6 is 0 Å². The molecule has 0 unspecified atom stereocenters. The quantitative estimate of drug-likeness (QED) is 0.773. The number of hydrogen-bond acceptors (Lipinski definition) is 4. The average molecular weight is 286 g/mol. The Labute approximate surface area is 121 Å². The molecular formula is C15H14N2O4. The molecule has 6 nitrogen and oxygen atoms in total. The highest BCUT2D eigenvalue weighted by Gasteiger charge is 2.52. The van der Waals surface area contributed by atoms with Crippen LogP contribution < -0.4 is 5.32 Å². The Hall–Kier alpha value is -2.50. The normalized spacial score (nSPS) is 25.1. The molecule has 2 heterocycles. The molecule has 1 fully saturated rings. The van der Waals surface area contributed by atoms with Crippen LogP contribution in [0.2, 0.25) is 0 Å². The van der Waals surface area contributed by atoms with Crippen molar-refractivity contribution in [2.24, 2.45) is 0 Å². The van der Waals surface area contributed by atoms with Crippen LogP contribution in [0.3, 0.4) is 0 Å². The number of imide groups is 2. The van der Waals surface area contributed by atoms with Crippen molar-refractivity contribution >= 4 is 23.6 Å². The van der Waals surface area contributed by atoms with E-state index < -0.39 is 23.3 Å². The summed E-state index contributed by atoms with van der Waals surface area (Å²) in [5.74, 6) is -1.96. The molecule has 21 heavy (non-hydrogen) atoms. The van der Waals surface area contributed by atoms with Gasteiger partial charge in [-0.25, -0.2) is 0 Å². The van der Waals surface area contributed by atoms with Crippen molar-refractivity contribution in [3.8, 4) is 0 Å². The number of amides is 4. The predicted octanol–water partition coefficient (Wildman–Crippen LogP) is 0.786. The van der Waals surface area contributed by atoms with Gasteiger partial charge in [0.15, 0.2) is 0 Å². The number of rotatable bonds is 1. The molecular weight excluding hydrogens is 272 g/mol. The Bertz CT molecular complexity index is 710. The third-order valence-electron chi connectivity index (χ3n) is 4.12. The van der Waals surface area contributed by atoms with E-state index >= 15 is 0 Å². The van der Waals surface area contributed by atoms with E-state index in [9.17, 15) is 19.2 Å². The number of nitrogens with zero attached hydrogens (tertiary/aromatic N) is 1. The van der Waals surface area contributed by atoms with Crippen LogP contribution in [-0.2, 0) is 9.59 Å². The van der Waals surface area contributed by atoms with Crippen LogP contribution in [0, 0.1) is 6.92 Å². The number of nitrogens with one attached hydrogen (secondary N) is 1. The molecule has 0 saturated carbocycles. The molecule has 1 aromatic rings. The minimum Gasteiger partial charge on any atom is -0.294 e. The van der Waals surface area contributed by atoms with Crippen molar-refractivity contribution in [3.05, 3.63) is 34.9 Å². The van der Waals surface area contributed by atoms with E-state index in [4.69, 9.17) is 0 Å². The molecule has 6 heteroatoms. The summed E-state index contributed by atoms with van der Waals surface area (Å²) in [5.41, 5.74) is 0.155. The highest BCUT2D eigenvalue weighted by molar-refractivity contribution is 6.24. The number of hydrogen-bond donors (Lipinski definition) is 1. The smallest absolute Gasteiger partial charge is 0.262 e. The van der Waals surface area contributed by atoms with E-state index in [1.165, 1.54) is 6.92 Å². The lowest BCUT2D eigenvalue weighted by Crippen LogP contribution is -2.62. The summed E-state index contributed by atoms with van der Waals surface area (Å²) in [5, 5.41) is 2.20. The summed E-state index contributed by atoms with van der Waals surface area (Å²) in [4.78, 5) is 49.4. The molecule has 3 rings (SSSR count). The van der Waals surface area contributed by atoms with Crippen LogP contribution in [0.4, 0.5) is 0 Å². The summed E-state index contributed by atoms with van der Waals surface area (Å²) >= 11 is 0. The largest absolute Gasteiger partial charge is 0.294 e. The van der Waals surface area contributed by atoms with Crippen molar-refractivity contribution in [3.63, 3.8) is 0 Å². The minimum absolute atomic E-state index is 0.106. The lowest BCUT2D eigenvalue weighted by molar-refractivity contribution is -0.140. The topological polar surface area (TPSA) is 83.6 Å². The number of benzene rings is 1. The molecule has 2 aliphatic rings. The van der Waals surface area contributed by atoms with Gasteiger partial charge in [-0.15, -0.1) is 0 Å². The van der Waals surface area contributed by atoms with Gasteiger partial charge >= 0.3 is 0 Å². The second-order valence-corrected chi connectivity index (χ2v) is 5.65. The molecule has 0 radical (unpaired) electrons. The fourth-order valence-corrected chi connectivity index (χ4v) is 2.81. The molecule has 1 aromatic carbocycles. The van der Waals surface area contributed by atoms with Gasteiger partial charge in [0.25, 0.3) is 17.7 Å². The number of piperidine rings is 1. The van der Waals surface area contributed by atoms with E-state index in [0.29, 0.717) is 11.1 Å². The summed E-state index contributed by atoms with van der Waals surface area (Å²) in [6, 6.07) is 4.99. The third-order valence-corrected chi connectivity index (χ3v) is 4.12. The monoisotopic (exact) mass is 286 g/mol. The molecule has 0 aliphatic carbocycles. The number of carbonyl (C=O) groups is 4. The molecule has 1 atom stereocenters. The van der Waals surface area contributed by atoms with Crippen molar-refractivity contribution in [1.82, 2.24) is 10.2 Å². The average Bonchev–Trinajstić information content (AvgIpc) is 2.67. The second kappa shape index (κ2) is 4.25. The van der Waals surface area contributed by atoms with Gasteiger partial charge in [-0.1, -0.05) is 11.6 Å². The number of aryl methyl sites for hydroxylation is 1. The summed E-state index contributed by atoms with van der Waals surface area (Å²) < 4.78 is 0. The van der Waals surface area contributed by atoms with Crippen molar-refractivity contribution in [2.45, 2.75) is 32.2 Å². The highest BCUT2D eigenvalue weighted by atomic mass is 16.2. The van der Waals surface area contributed by atoms with Crippen LogP contribution in [-0.4, -0.2) is 34.1 Å². The van der Waals surface area contributed by atoms with Gasteiger partial charge in [-0.2, -0.15) is 0 Å². The number of carbonyl (C=O) groups excluding carboxylic acids is 4. The van der Waals surface area contributed by atoms with Gasteiger partial charge in [0.05, 0.1) is 11.1 Å². The van der Waals surface area contributed by atoms with E-state index in [1.807, 2.05) is 6.92 Å². The van der Waals surface area contributed by atoms with E-state index in [0.717, 1.165) is 10.5 Å². The van der Waals surface area contributed by atoms with Gasteiger partial charge in [-0.3, -0.25) is 29.4 Å². The fraction of sp³-hybridized carbons (Fsp3) is 0.333. The van der Waals surface area contributed by atoms with Gasteiger partial charge < -0.3 is 0 Å². The van der Waals surface area contributed by atoms with Crippen LogP contribution in [0.5, 0.6) is 0 Å². The molecule has 1 N–H and O–H groups in total. The van der Waals surface area contributed by atoms with E-state index in [2.05, 4.69) is 5.32 Å². The molecule has 2 aliphatic heterocycles. The third kappa shape index (κ3) is 1.79. The van der Waals surface area contributed by atoms with Crippen molar-refractivity contribution < 1.29 is 19.2 Å². The zero-order chi connectivity index (χ0) is 15.4. The lowest BCUT2D eigenvalue weighted by Gasteiger charge is -2.38. The molecule has 0 spiro atoms. The molecule has 4 amide bonds. The maximum atomic E-state index is 12.5. The second-order valence-electron chi connectivity index (χ2n) is 5.65. The molecule has 0 bridgehead atoms. The zero-order valence-corrected chi connectivity index (χ0v) is 11.7. The zero-order valence-electron chi connectivity index (χ0n) is 11.7. The van der Waals surface area contributed by atoms with Gasteiger partial charge in [0.2, 0.25) is 5.91 Å². The molecule has 108 valence electrons. The predicted molar refractivity (Wildman–Crippen MR) is 72.5 cm³/mol. The Kier molecular flexibility index (Phi) is 2.73. The van der Waals surface area contributed by atoms with Gasteiger partial charge in [0.1, 0.15) is 5.54 Å². The Balaban J connectivity index is 2.05. The fourth-order valence-electron chi connectivity index (χ4n) is 2.81. The van der Waals surface area contributed by atoms with E-state index in [-0.39, 0.29) is 18.7 Å². The van der Waals surface area contributed by atoms with Crippen LogP contribution in [0.1, 0.15) is 46.0 Å². The summed E-state index contributed by atoms with van der Waals surface area (Å²) in [7, 11) is 0. The number of fused-ring (bicyclic) bond motifs is 1. The van der Waals surface area contributed by atoms with Crippen LogP contribution in [0.15, 0.2) is 18.2 Å². The first-order valence-electron chi connectivity index (χ1n) is 6.68. The Morgan fingerprint density at radius 2 is 1.76 bits per heavy atom. The maximum Gasteiger partial charge on any atom is 0.262 e. The van der Waals surface area contributed by atoms with Gasteiger partial charge in [0, 0.05) is 6.42 Å². The summed E-state index contributed by atoms with van der Waals surface area (Å²) in [6.45, 7) is 3.34. The highest BCUT2D eigenvalue weighted by Crippen LogP contribution is 2.34. The van der Waals surface area contributed by atoms with E-state index in [1.54, 1.807) is 18.2 Å². The standard InChI is InChI=1S/C15H14N2O4/c1-8-3-4-9-10(7-8)13(20)17(12(9)19)15(2)6-5-11(18)16-14(15)21/h3-4,7H,5-6H2,1-2H3,(H,16,18,21)/t15-/m0/s1. The van der Waals surface area contributed by atoms with Crippen molar-refractivity contribution in [2.75, 3.05) is 0 Å². The van der Waals surface area contributed by atoms with Gasteiger partial charge in [-0.05, 0) is 32.4 Å². The van der Waals surface area contributed by atoms with Crippen LogP contribution in [0.25, 0.3) is 0 Å². The summed E-state index contributed by atoms with van der Waals surface area (Å²) in [6.07, 6.45) is 0.247. The first kappa shape index (κ1) is 13.5. The van der Waals surface area contributed by atoms with Crippen molar-refractivity contribution in [1.29, 1.82) is 0 Å². The first-order valence-corrected chi connectivity index (χ1v) is 6.68. The molecule has 0 aromatic heterocycles. The maximum absolute atomic E-state index is 12.5. The Morgan fingerprint density at radius 3 is 2.43 bits per heavy atom. The molecule has 1 saturated heterocycles.